The molecule has 2 N–H and O–H groups in total. The second-order valence-corrected chi connectivity index (χ2v) is 9.69. The minimum absolute atomic E-state index is 0.108. The SMILES string of the molecule is O=C(NN1CCCCC1)c1ncc(CCCC(c2ccc(Cl)cc2)c2ccc(Cl)cc2Cl)[nH]1. The van der Waals surface area contributed by atoms with Crippen LogP contribution in [0.15, 0.2) is 48.7 Å². The summed E-state index contributed by atoms with van der Waals surface area (Å²) in [4.78, 5) is 19.9. The largest absolute Gasteiger partial charge is 0.338 e. The van der Waals surface area contributed by atoms with Gasteiger partial charge in [-0.3, -0.25) is 10.2 Å². The molecule has 5 nitrogen and oxygen atoms in total. The van der Waals surface area contributed by atoms with E-state index in [1.54, 1.807) is 12.3 Å². The number of carbonyl (C=O) groups is 1. The Morgan fingerprint density at radius 2 is 1.76 bits per heavy atom. The van der Waals surface area contributed by atoms with Gasteiger partial charge in [0.15, 0.2) is 5.82 Å². The van der Waals surface area contributed by atoms with Crippen LogP contribution in [0.1, 0.15) is 65.5 Å². The zero-order valence-corrected chi connectivity index (χ0v) is 20.6. The standard InChI is InChI=1S/C25H27Cl3N4O/c26-18-9-7-17(8-10-18)21(22-12-11-19(27)15-23(22)28)6-4-5-20-16-29-24(30-20)25(33)31-32-13-2-1-3-14-32/h7-12,15-16,21H,1-6,13-14H2,(H,29,30)(H,31,33). The maximum atomic E-state index is 12.5. The molecule has 2 heterocycles. The smallest absolute Gasteiger partial charge is 0.301 e. The van der Waals surface area contributed by atoms with Gasteiger partial charge >= 0.3 is 5.91 Å². The molecule has 0 aliphatic carbocycles. The Labute approximate surface area is 209 Å². The van der Waals surface area contributed by atoms with Gasteiger partial charge in [-0.1, -0.05) is 59.4 Å². The van der Waals surface area contributed by atoms with Crippen LogP contribution in [-0.2, 0) is 6.42 Å². The molecule has 174 valence electrons. The highest BCUT2D eigenvalue weighted by atomic mass is 35.5. The summed E-state index contributed by atoms with van der Waals surface area (Å²) in [7, 11) is 0. The minimum atomic E-state index is -0.185. The van der Waals surface area contributed by atoms with E-state index in [0.717, 1.165) is 62.0 Å². The molecular formula is C25H27Cl3N4O. The van der Waals surface area contributed by atoms with Crippen LogP contribution < -0.4 is 5.43 Å². The van der Waals surface area contributed by atoms with Crippen LogP contribution in [0.4, 0.5) is 0 Å². The first kappa shape index (κ1) is 24.1. The molecule has 0 spiro atoms. The van der Waals surface area contributed by atoms with Crippen LogP contribution in [0, 0.1) is 0 Å². The fraction of sp³-hybridized carbons (Fsp3) is 0.360. The summed E-state index contributed by atoms with van der Waals surface area (Å²) in [6, 6.07) is 13.5. The summed E-state index contributed by atoms with van der Waals surface area (Å²) >= 11 is 18.8. The van der Waals surface area contributed by atoms with Crippen molar-refractivity contribution in [2.75, 3.05) is 13.1 Å². The lowest BCUT2D eigenvalue weighted by molar-refractivity contribution is 0.0740. The van der Waals surface area contributed by atoms with E-state index in [1.165, 1.54) is 6.42 Å². The molecule has 33 heavy (non-hydrogen) atoms. The molecule has 1 amide bonds. The monoisotopic (exact) mass is 504 g/mol. The van der Waals surface area contributed by atoms with E-state index in [0.29, 0.717) is 20.9 Å². The molecule has 0 saturated carbocycles. The Morgan fingerprint density at radius 3 is 2.48 bits per heavy atom. The fourth-order valence-corrected chi connectivity index (χ4v) is 4.95. The first-order valence-corrected chi connectivity index (χ1v) is 12.4. The van der Waals surface area contributed by atoms with Crippen LogP contribution in [0.3, 0.4) is 0 Å². The zero-order chi connectivity index (χ0) is 23.2. The zero-order valence-electron chi connectivity index (χ0n) is 18.3. The molecule has 0 bridgehead atoms. The quantitative estimate of drug-likeness (QED) is 0.360. The number of aromatic nitrogens is 2. The molecule has 8 heteroatoms. The van der Waals surface area contributed by atoms with E-state index >= 15 is 0 Å². The lowest BCUT2D eigenvalue weighted by atomic mass is 9.87. The number of nitrogens with one attached hydrogen (secondary N) is 2. The number of benzene rings is 2. The van der Waals surface area contributed by atoms with E-state index in [4.69, 9.17) is 34.8 Å². The number of nitrogens with zero attached hydrogens (tertiary/aromatic N) is 2. The lowest BCUT2D eigenvalue weighted by Crippen LogP contribution is -2.45. The highest BCUT2D eigenvalue weighted by Crippen LogP contribution is 2.36. The number of H-pyrrole nitrogens is 1. The second-order valence-electron chi connectivity index (χ2n) is 8.41. The second kappa shape index (κ2) is 11.4. The highest BCUT2D eigenvalue weighted by Gasteiger charge is 2.19. The normalized spacial score (nSPS) is 15.4. The van der Waals surface area contributed by atoms with Gasteiger partial charge in [0.05, 0.1) is 0 Å². The van der Waals surface area contributed by atoms with E-state index in [-0.39, 0.29) is 11.8 Å². The first-order chi connectivity index (χ1) is 16.0. The minimum Gasteiger partial charge on any atom is -0.338 e. The Balaban J connectivity index is 1.40. The van der Waals surface area contributed by atoms with Gasteiger partial charge < -0.3 is 4.98 Å². The Kier molecular flexibility index (Phi) is 8.31. The maximum Gasteiger partial charge on any atom is 0.301 e. The number of imidazole rings is 1. The topological polar surface area (TPSA) is 61.0 Å². The molecule has 1 unspecified atom stereocenters. The fourth-order valence-electron chi connectivity index (χ4n) is 4.28. The van der Waals surface area contributed by atoms with Crippen LogP contribution in [0.5, 0.6) is 0 Å². The third-order valence-corrected chi connectivity index (χ3v) is 6.82. The van der Waals surface area contributed by atoms with Crippen LogP contribution >= 0.6 is 34.8 Å². The van der Waals surface area contributed by atoms with Crippen molar-refractivity contribution in [2.45, 2.75) is 44.4 Å². The van der Waals surface area contributed by atoms with Crippen molar-refractivity contribution >= 4 is 40.7 Å². The number of hydrazine groups is 1. The van der Waals surface area contributed by atoms with Gasteiger partial charge in [-0.25, -0.2) is 9.99 Å². The van der Waals surface area contributed by atoms with Gasteiger partial charge in [0.25, 0.3) is 0 Å². The number of hydrogen-bond donors (Lipinski definition) is 2. The number of aryl methyl sites for hydroxylation is 1. The van der Waals surface area contributed by atoms with Crippen LogP contribution in [-0.4, -0.2) is 34.0 Å². The number of aromatic amines is 1. The molecule has 3 aromatic rings. The number of amides is 1. The first-order valence-electron chi connectivity index (χ1n) is 11.3. The molecule has 0 radical (unpaired) electrons. The third kappa shape index (κ3) is 6.51. The molecule has 1 aliphatic heterocycles. The Bertz CT molecular complexity index is 1080. The van der Waals surface area contributed by atoms with Crippen molar-refractivity contribution in [3.8, 4) is 0 Å². The number of rotatable bonds is 8. The average molecular weight is 506 g/mol. The number of carbonyl (C=O) groups excluding carboxylic acids is 1. The van der Waals surface area contributed by atoms with E-state index in [1.807, 2.05) is 41.4 Å². The van der Waals surface area contributed by atoms with E-state index in [9.17, 15) is 4.79 Å². The van der Waals surface area contributed by atoms with Gasteiger partial charge in [0.1, 0.15) is 0 Å². The van der Waals surface area contributed by atoms with Crippen molar-refractivity contribution in [3.05, 3.63) is 86.4 Å². The summed E-state index contributed by atoms with van der Waals surface area (Å²) in [6.07, 6.45) is 7.72. The maximum absolute atomic E-state index is 12.5. The molecule has 1 aliphatic rings. The van der Waals surface area contributed by atoms with Crippen molar-refractivity contribution in [2.24, 2.45) is 0 Å². The summed E-state index contributed by atoms with van der Waals surface area (Å²) in [5.41, 5.74) is 6.07. The number of piperidine rings is 1. The molecule has 2 aromatic carbocycles. The third-order valence-electron chi connectivity index (χ3n) is 6.01. The molecule has 1 saturated heterocycles. The molecule has 1 atom stereocenters. The van der Waals surface area contributed by atoms with Crippen molar-refractivity contribution in [1.29, 1.82) is 0 Å². The molecule has 4 rings (SSSR count). The van der Waals surface area contributed by atoms with Crippen LogP contribution in [0.25, 0.3) is 0 Å². The summed E-state index contributed by atoms with van der Waals surface area (Å²) in [5.74, 6) is 0.275. The van der Waals surface area contributed by atoms with Gasteiger partial charge in [-0.15, -0.1) is 0 Å². The van der Waals surface area contributed by atoms with Crippen LogP contribution in [0.2, 0.25) is 15.1 Å². The van der Waals surface area contributed by atoms with Crippen molar-refractivity contribution in [3.63, 3.8) is 0 Å². The summed E-state index contributed by atoms with van der Waals surface area (Å²) in [6.45, 7) is 1.78. The summed E-state index contributed by atoms with van der Waals surface area (Å²) in [5, 5.41) is 3.94. The number of hydrogen-bond acceptors (Lipinski definition) is 3. The lowest BCUT2D eigenvalue weighted by Gasteiger charge is -2.26. The summed E-state index contributed by atoms with van der Waals surface area (Å²) < 4.78 is 0. The van der Waals surface area contributed by atoms with Gasteiger partial charge in [-0.2, -0.15) is 0 Å². The molecule has 1 fully saturated rings. The van der Waals surface area contributed by atoms with Crippen molar-refractivity contribution < 1.29 is 4.79 Å². The van der Waals surface area contributed by atoms with Gasteiger partial charge in [0, 0.05) is 46.0 Å². The van der Waals surface area contributed by atoms with Crippen molar-refractivity contribution in [1.82, 2.24) is 20.4 Å². The van der Waals surface area contributed by atoms with E-state index in [2.05, 4.69) is 15.4 Å². The predicted molar refractivity (Wildman–Crippen MR) is 134 cm³/mol. The Hall–Kier alpha value is -2.05. The average Bonchev–Trinajstić information content (AvgIpc) is 3.28. The van der Waals surface area contributed by atoms with E-state index < -0.39 is 0 Å². The Morgan fingerprint density at radius 1 is 1.03 bits per heavy atom. The van der Waals surface area contributed by atoms with Gasteiger partial charge in [-0.05, 0) is 67.5 Å². The van der Waals surface area contributed by atoms with Gasteiger partial charge in [0.2, 0.25) is 0 Å². The number of halogens is 3. The molecular weight excluding hydrogens is 479 g/mol. The predicted octanol–water partition coefficient (Wildman–Crippen LogP) is 6.66. The molecule has 1 aromatic heterocycles. The highest BCUT2D eigenvalue weighted by molar-refractivity contribution is 6.35.